The second-order valence-electron chi connectivity index (χ2n) is 8.46. The number of carboxylic acid groups (broad SMARTS) is 1. The van der Waals surface area contributed by atoms with Crippen LogP contribution in [0.2, 0.25) is 0 Å². The van der Waals surface area contributed by atoms with Crippen LogP contribution in [-0.4, -0.2) is 22.2 Å². The van der Waals surface area contributed by atoms with Crippen molar-refractivity contribution >= 4 is 16.9 Å². The number of para-hydroxylation sites is 2. The molecule has 6 nitrogen and oxygen atoms in total. The summed E-state index contributed by atoms with van der Waals surface area (Å²) in [5.74, 6) is 0.455. The lowest BCUT2D eigenvalue weighted by Gasteiger charge is -2.19. The van der Waals surface area contributed by atoms with E-state index in [2.05, 4.69) is 4.98 Å². The first-order chi connectivity index (χ1) is 17.4. The average Bonchev–Trinajstić information content (AvgIpc) is 2.88. The maximum absolute atomic E-state index is 14.0. The number of halogens is 1. The lowest BCUT2D eigenvalue weighted by atomic mass is 10.1. The first-order valence-electron chi connectivity index (χ1n) is 11.8. The molecule has 36 heavy (non-hydrogen) atoms. The molecular weight excluding hydrogens is 461 g/mol. The largest absolute Gasteiger partial charge is 0.489 e. The SMILES string of the molecule is CCCC(Oc1c(C)cccc1COc1ccc(OCc2ccc3cccc(F)c3n2)cc1)C(=O)O. The molecule has 0 radical (unpaired) electrons. The molecule has 1 atom stereocenters. The Kier molecular flexibility index (Phi) is 8.00. The summed E-state index contributed by atoms with van der Waals surface area (Å²) in [6, 6.07) is 21.3. The van der Waals surface area contributed by atoms with E-state index >= 15 is 0 Å². The summed E-state index contributed by atoms with van der Waals surface area (Å²) in [5.41, 5.74) is 2.57. The predicted octanol–water partition coefficient (Wildman–Crippen LogP) is 6.47. The second-order valence-corrected chi connectivity index (χ2v) is 8.46. The van der Waals surface area contributed by atoms with E-state index in [0.29, 0.717) is 41.3 Å². The Labute approximate surface area is 209 Å². The zero-order valence-electron chi connectivity index (χ0n) is 20.2. The minimum Gasteiger partial charge on any atom is -0.489 e. The van der Waals surface area contributed by atoms with Crippen molar-refractivity contribution in [3.8, 4) is 17.2 Å². The lowest BCUT2D eigenvalue weighted by Crippen LogP contribution is -2.27. The molecule has 0 amide bonds. The number of pyridine rings is 1. The Morgan fingerprint density at radius 2 is 1.64 bits per heavy atom. The molecule has 0 bridgehead atoms. The summed E-state index contributed by atoms with van der Waals surface area (Å²) in [4.78, 5) is 15.9. The van der Waals surface area contributed by atoms with Crippen LogP contribution in [-0.2, 0) is 18.0 Å². The number of carboxylic acids is 1. The molecule has 0 saturated heterocycles. The number of fused-ring (bicyclic) bond motifs is 1. The summed E-state index contributed by atoms with van der Waals surface area (Å²) in [6.45, 7) is 4.24. The number of rotatable bonds is 11. The zero-order chi connectivity index (χ0) is 25.5. The van der Waals surface area contributed by atoms with Gasteiger partial charge in [-0.3, -0.25) is 0 Å². The van der Waals surface area contributed by atoms with E-state index in [1.54, 1.807) is 30.3 Å². The number of nitrogens with zero attached hydrogens (tertiary/aromatic N) is 1. The monoisotopic (exact) mass is 489 g/mol. The summed E-state index contributed by atoms with van der Waals surface area (Å²) < 4.78 is 31.6. The number of carbonyl (C=O) groups is 1. The van der Waals surface area contributed by atoms with Crippen LogP contribution in [0.25, 0.3) is 10.9 Å². The van der Waals surface area contributed by atoms with Crippen molar-refractivity contribution in [1.82, 2.24) is 4.98 Å². The second kappa shape index (κ2) is 11.5. The number of ether oxygens (including phenoxy) is 3. The van der Waals surface area contributed by atoms with Crippen molar-refractivity contribution in [2.45, 2.75) is 46.0 Å². The average molecular weight is 490 g/mol. The van der Waals surface area contributed by atoms with E-state index < -0.39 is 12.1 Å². The van der Waals surface area contributed by atoms with Gasteiger partial charge in [0.05, 0.1) is 5.69 Å². The van der Waals surface area contributed by atoms with Gasteiger partial charge in [-0.1, -0.05) is 49.7 Å². The van der Waals surface area contributed by atoms with E-state index in [4.69, 9.17) is 14.2 Å². The first-order valence-corrected chi connectivity index (χ1v) is 11.8. The van der Waals surface area contributed by atoms with Crippen LogP contribution in [0.1, 0.15) is 36.6 Å². The van der Waals surface area contributed by atoms with E-state index in [1.165, 1.54) is 6.07 Å². The van der Waals surface area contributed by atoms with Crippen LogP contribution < -0.4 is 14.2 Å². The van der Waals surface area contributed by atoms with E-state index in [0.717, 1.165) is 16.5 Å². The summed E-state index contributed by atoms with van der Waals surface area (Å²) in [7, 11) is 0. The minimum atomic E-state index is -0.980. The fourth-order valence-corrected chi connectivity index (χ4v) is 3.81. The van der Waals surface area contributed by atoms with Crippen molar-refractivity contribution in [1.29, 1.82) is 0 Å². The van der Waals surface area contributed by atoms with Gasteiger partial charge in [0.25, 0.3) is 0 Å². The van der Waals surface area contributed by atoms with Gasteiger partial charge in [0.15, 0.2) is 6.10 Å². The Morgan fingerprint density at radius 3 is 2.33 bits per heavy atom. The highest BCUT2D eigenvalue weighted by Gasteiger charge is 2.21. The molecule has 0 fully saturated rings. The maximum Gasteiger partial charge on any atom is 0.344 e. The Balaban J connectivity index is 1.37. The number of hydrogen-bond donors (Lipinski definition) is 1. The van der Waals surface area contributed by atoms with E-state index in [9.17, 15) is 14.3 Å². The molecule has 0 aliphatic heterocycles. The molecule has 3 aromatic carbocycles. The standard InChI is InChI=1S/C29H28FNO5/c1-3-6-26(29(32)33)36-28-19(2)7-4-9-21(28)17-34-23-13-15-24(16-14-23)35-18-22-12-11-20-8-5-10-25(30)27(20)31-22/h4-5,7-16,26H,3,6,17-18H2,1-2H3,(H,32,33). The summed E-state index contributed by atoms with van der Waals surface area (Å²) >= 11 is 0. The number of hydrogen-bond acceptors (Lipinski definition) is 5. The van der Waals surface area contributed by atoms with Gasteiger partial charge in [0.1, 0.15) is 41.8 Å². The number of aromatic nitrogens is 1. The molecule has 0 spiro atoms. The molecule has 4 rings (SSSR count). The van der Waals surface area contributed by atoms with Crippen molar-refractivity contribution in [3.05, 3.63) is 95.4 Å². The van der Waals surface area contributed by atoms with Crippen molar-refractivity contribution < 1.29 is 28.5 Å². The van der Waals surface area contributed by atoms with E-state index in [-0.39, 0.29) is 19.0 Å². The van der Waals surface area contributed by atoms with Crippen molar-refractivity contribution in [2.75, 3.05) is 0 Å². The molecule has 0 aliphatic rings. The Bertz CT molecular complexity index is 1340. The minimum absolute atomic E-state index is 0.205. The first kappa shape index (κ1) is 25.0. The van der Waals surface area contributed by atoms with Gasteiger partial charge in [-0.2, -0.15) is 0 Å². The van der Waals surface area contributed by atoms with Crippen LogP contribution in [0, 0.1) is 12.7 Å². The lowest BCUT2D eigenvalue weighted by molar-refractivity contribution is -0.145. The van der Waals surface area contributed by atoms with Crippen LogP contribution in [0.4, 0.5) is 4.39 Å². The maximum atomic E-state index is 14.0. The number of benzene rings is 3. The molecule has 4 aromatic rings. The van der Waals surface area contributed by atoms with Gasteiger partial charge >= 0.3 is 5.97 Å². The van der Waals surface area contributed by atoms with Crippen LogP contribution in [0.5, 0.6) is 17.2 Å². The Morgan fingerprint density at radius 1 is 0.944 bits per heavy atom. The summed E-state index contributed by atoms with van der Waals surface area (Å²) in [6.07, 6.45) is 0.228. The summed E-state index contributed by atoms with van der Waals surface area (Å²) in [5, 5.41) is 10.2. The number of aliphatic carboxylic acids is 1. The predicted molar refractivity (Wildman–Crippen MR) is 135 cm³/mol. The third-order valence-corrected chi connectivity index (χ3v) is 5.71. The fourth-order valence-electron chi connectivity index (χ4n) is 3.81. The van der Waals surface area contributed by atoms with Crippen LogP contribution >= 0.6 is 0 Å². The van der Waals surface area contributed by atoms with Gasteiger partial charge in [-0.05, 0) is 55.3 Å². The van der Waals surface area contributed by atoms with Gasteiger partial charge in [0, 0.05) is 10.9 Å². The van der Waals surface area contributed by atoms with Gasteiger partial charge in [0.2, 0.25) is 0 Å². The molecule has 7 heteroatoms. The molecule has 0 saturated carbocycles. The molecule has 1 unspecified atom stereocenters. The number of aryl methyl sites for hydroxylation is 1. The molecule has 1 N–H and O–H groups in total. The molecule has 0 aliphatic carbocycles. The molecular formula is C29H28FNO5. The Hall–Kier alpha value is -4.13. The third-order valence-electron chi connectivity index (χ3n) is 5.71. The smallest absolute Gasteiger partial charge is 0.344 e. The molecule has 1 heterocycles. The van der Waals surface area contributed by atoms with Crippen molar-refractivity contribution in [2.24, 2.45) is 0 Å². The third kappa shape index (κ3) is 6.10. The van der Waals surface area contributed by atoms with Crippen LogP contribution in [0.3, 0.4) is 0 Å². The topological polar surface area (TPSA) is 77.9 Å². The highest BCUT2D eigenvalue weighted by atomic mass is 19.1. The fraction of sp³-hybridized carbons (Fsp3) is 0.241. The molecule has 186 valence electrons. The highest BCUT2D eigenvalue weighted by Crippen LogP contribution is 2.28. The molecule has 1 aromatic heterocycles. The van der Waals surface area contributed by atoms with Crippen LogP contribution in [0.15, 0.2) is 72.8 Å². The van der Waals surface area contributed by atoms with Crippen molar-refractivity contribution in [3.63, 3.8) is 0 Å². The highest BCUT2D eigenvalue weighted by molar-refractivity contribution is 5.79. The normalized spacial score (nSPS) is 11.8. The van der Waals surface area contributed by atoms with E-state index in [1.807, 2.05) is 50.2 Å². The zero-order valence-corrected chi connectivity index (χ0v) is 20.2. The van der Waals surface area contributed by atoms with Gasteiger partial charge in [-0.25, -0.2) is 14.2 Å². The van der Waals surface area contributed by atoms with Gasteiger partial charge < -0.3 is 19.3 Å². The van der Waals surface area contributed by atoms with Gasteiger partial charge in [-0.15, -0.1) is 0 Å². The quantitative estimate of drug-likeness (QED) is 0.260.